The zero-order chi connectivity index (χ0) is 111. The van der Waals surface area contributed by atoms with E-state index in [0.717, 1.165) is 39.5 Å². The highest BCUT2D eigenvalue weighted by atomic mass is 16.4. The smallest absolute Gasteiger partial charge is 0.326 e. The second-order valence-corrected chi connectivity index (χ2v) is 36.3. The Bertz CT molecular complexity index is 4770. The molecule has 0 unspecified atom stereocenters. The first-order valence-corrected chi connectivity index (χ1v) is 47.2. The number of hydrogen-bond donors (Lipinski definition) is 35. The summed E-state index contributed by atoms with van der Waals surface area (Å²) in [5, 5.41) is 162. The van der Waals surface area contributed by atoms with Crippen molar-refractivity contribution in [1.82, 2.24) is 121 Å². The molecule has 2 aliphatic rings. The number of aliphatic hydroxyl groups is 6. The van der Waals surface area contributed by atoms with Crippen LogP contribution < -0.4 is 118 Å². The predicted octanol–water partition coefficient (Wildman–Crippen LogP) is -14.9. The van der Waals surface area contributed by atoms with Gasteiger partial charge in [0.15, 0.2) is 11.9 Å². The summed E-state index contributed by atoms with van der Waals surface area (Å²) in [4.78, 5) is 320. The van der Waals surface area contributed by atoms with Crippen molar-refractivity contribution in [3.63, 3.8) is 0 Å². The number of imidazole rings is 1. The molecule has 3 rings (SSSR count). The molecule has 1 aromatic rings. The first-order chi connectivity index (χ1) is 68.7. The Kier molecular flexibility index (Phi) is 53.5. The number of hydrogen-bond acceptors (Lipinski definition) is 33. The van der Waals surface area contributed by atoms with Crippen LogP contribution in [0.5, 0.6) is 0 Å². The summed E-state index contributed by atoms with van der Waals surface area (Å²) in [5.74, 6) is -31.5. The van der Waals surface area contributed by atoms with E-state index in [2.05, 4.69) is 111 Å². The molecule has 2 saturated heterocycles. The SMILES string of the molecule is CC(C)C[C@H](NC(=O)[C@@H](NC(=O)[C@H](CO)NC(=O)[C@H](CCCNC(=N)N)NC(=O)[C@H](CC(=O)O)NC(=O)[C@H](CCCNC(=N)N)NC(=O)[C@@H](NC(=O)[C@H](C)NC(=O)[C@H](CC(=O)O)NC(=O)CNC(=O)CNC(=O)[C@@H]1CCCN1C(=O)[C@@H](N)C(C)C)[C@@H](C)O)C(C)C)C(=O)N[C@@H](CO)C(=O)N[C@H](C(=O)N[C@@H](Cc1cnc[nH]1)C(=O)N[C@H](C(=O)N[C@H](C(=O)N[C@@H](CCC(=O)O)C(=O)N1CCC[C@H]1C(=O)O)[C@@H](C)O)[C@@H](C)O)[C@@H](C)O. The number of guanidine groups is 2. The molecule has 19 amide bonds. The van der Waals surface area contributed by atoms with E-state index < -0.39 is 364 Å². The number of aromatic amines is 1. The van der Waals surface area contributed by atoms with E-state index in [-0.39, 0.29) is 76.3 Å². The van der Waals surface area contributed by atoms with Crippen molar-refractivity contribution in [3.05, 3.63) is 18.2 Å². The number of carboxylic acids is 4. The van der Waals surface area contributed by atoms with Crippen LogP contribution in [-0.4, -0.2) is 405 Å². The lowest BCUT2D eigenvalue weighted by molar-refractivity contribution is -0.150. The Morgan fingerprint density at radius 2 is 0.769 bits per heavy atom. The largest absolute Gasteiger partial charge is 0.481 e. The van der Waals surface area contributed by atoms with Crippen molar-refractivity contribution in [2.24, 2.45) is 35.0 Å². The van der Waals surface area contributed by atoms with Gasteiger partial charge >= 0.3 is 23.9 Å². The van der Waals surface area contributed by atoms with E-state index in [1.165, 1.54) is 31.3 Å². The van der Waals surface area contributed by atoms with Gasteiger partial charge in [0, 0.05) is 50.9 Å². The first-order valence-electron chi connectivity index (χ1n) is 47.2. The van der Waals surface area contributed by atoms with E-state index in [1.54, 1.807) is 27.7 Å². The molecular formula is C86H142N28O33. The van der Waals surface area contributed by atoms with Crippen molar-refractivity contribution in [2.75, 3.05) is 52.5 Å². The molecule has 0 aromatic carbocycles. The minimum Gasteiger partial charge on any atom is -0.481 e. The average molecular weight is 2100 g/mol. The molecule has 0 bridgehead atoms. The molecule has 824 valence electrons. The van der Waals surface area contributed by atoms with Gasteiger partial charge in [0.25, 0.3) is 0 Å². The molecule has 38 N–H and O–H groups in total. The van der Waals surface area contributed by atoms with Gasteiger partial charge < -0.3 is 184 Å². The van der Waals surface area contributed by atoms with Gasteiger partial charge in [-0.25, -0.2) is 9.78 Å². The molecule has 61 nitrogen and oxygen atoms in total. The maximum atomic E-state index is 14.4. The number of aliphatic hydroxyl groups excluding tert-OH is 6. The summed E-state index contributed by atoms with van der Waals surface area (Å²) in [6.45, 7) is 10.2. The number of nitrogens with one attached hydrogen (secondary N) is 22. The van der Waals surface area contributed by atoms with E-state index in [4.69, 9.17) is 28.0 Å². The second kappa shape index (κ2) is 62.2. The Balaban J connectivity index is 1.84. The average Bonchev–Trinajstić information content (AvgIpc) is 1.55. The van der Waals surface area contributed by atoms with Crippen LogP contribution in [0.1, 0.15) is 165 Å². The van der Waals surface area contributed by atoms with Gasteiger partial charge in [-0.05, 0) is 117 Å². The lowest BCUT2D eigenvalue weighted by atomic mass is 9.99. The molecule has 147 heavy (non-hydrogen) atoms. The van der Waals surface area contributed by atoms with Crippen molar-refractivity contribution in [3.8, 4) is 0 Å². The Labute approximate surface area is 842 Å². The highest BCUT2D eigenvalue weighted by molar-refractivity contribution is 6.03. The topological polar surface area (TPSA) is 984 Å². The van der Waals surface area contributed by atoms with Gasteiger partial charge in [0.2, 0.25) is 112 Å². The number of rotatable bonds is 64. The van der Waals surface area contributed by atoms with Gasteiger partial charge in [-0.2, -0.15) is 0 Å². The van der Waals surface area contributed by atoms with E-state index in [9.17, 15) is 161 Å². The zero-order valence-corrected chi connectivity index (χ0v) is 83.1. The van der Waals surface area contributed by atoms with Crippen LogP contribution >= 0.6 is 0 Å². The summed E-state index contributed by atoms with van der Waals surface area (Å²) in [5.41, 5.74) is 17.0. The number of carbonyl (C=O) groups excluding carboxylic acids is 19. The molecule has 1 aromatic heterocycles. The van der Waals surface area contributed by atoms with Crippen molar-refractivity contribution in [2.45, 2.75) is 299 Å². The fraction of sp³-hybridized carbons (Fsp3) is 0.674. The highest BCUT2D eigenvalue weighted by Crippen LogP contribution is 2.23. The number of aliphatic carboxylic acids is 4. The molecule has 2 fully saturated rings. The van der Waals surface area contributed by atoms with Crippen LogP contribution in [0.15, 0.2) is 12.5 Å². The Hall–Kier alpha value is -14.7. The summed E-state index contributed by atoms with van der Waals surface area (Å²) in [6.07, 6.45) is -9.84. The number of nitrogens with zero attached hydrogens (tertiary/aromatic N) is 3. The van der Waals surface area contributed by atoms with E-state index in [1.807, 2.05) is 0 Å². The fourth-order valence-corrected chi connectivity index (χ4v) is 14.8. The monoisotopic (exact) mass is 2100 g/mol. The molecule has 61 heteroatoms. The van der Waals surface area contributed by atoms with Crippen LogP contribution in [0.3, 0.4) is 0 Å². The number of amides is 19. The minimum atomic E-state index is -2.20. The van der Waals surface area contributed by atoms with Crippen molar-refractivity contribution >= 4 is 148 Å². The minimum absolute atomic E-state index is 0.0367. The molecule has 0 aliphatic carbocycles. The molecule has 0 spiro atoms. The van der Waals surface area contributed by atoms with Crippen LogP contribution in [0.4, 0.5) is 0 Å². The lowest BCUT2D eigenvalue weighted by Gasteiger charge is -2.30. The summed E-state index contributed by atoms with van der Waals surface area (Å²) in [6, 6.07) is -32.0. The Morgan fingerprint density at radius 3 is 1.20 bits per heavy atom. The predicted molar refractivity (Wildman–Crippen MR) is 508 cm³/mol. The molecule has 2 aliphatic heterocycles. The third-order valence-electron chi connectivity index (χ3n) is 22.9. The molecule has 0 radical (unpaired) electrons. The summed E-state index contributed by atoms with van der Waals surface area (Å²) < 4.78 is 0. The molecule has 22 atom stereocenters. The Morgan fingerprint density at radius 1 is 0.401 bits per heavy atom. The molecule has 3 heterocycles. The zero-order valence-electron chi connectivity index (χ0n) is 83.1. The molecule has 0 saturated carbocycles. The van der Waals surface area contributed by atoms with Gasteiger partial charge in [0.05, 0.1) is 75.9 Å². The number of nitrogens with two attached hydrogens (primary N) is 3. The quantitative estimate of drug-likeness (QED) is 0.0164. The number of carboxylic acid groups (broad SMARTS) is 4. The van der Waals surface area contributed by atoms with Gasteiger partial charge in [-0.15, -0.1) is 0 Å². The molecular weight excluding hydrogens is 1950 g/mol. The number of likely N-dealkylation sites (tertiary alicyclic amines) is 2. The highest BCUT2D eigenvalue weighted by Gasteiger charge is 2.45. The number of carbonyl (C=O) groups is 23. The van der Waals surface area contributed by atoms with Crippen LogP contribution in [0.2, 0.25) is 0 Å². The maximum Gasteiger partial charge on any atom is 0.326 e. The van der Waals surface area contributed by atoms with E-state index >= 15 is 0 Å². The van der Waals surface area contributed by atoms with Gasteiger partial charge in [-0.3, -0.25) is 116 Å². The van der Waals surface area contributed by atoms with Crippen LogP contribution in [0.25, 0.3) is 0 Å². The first kappa shape index (κ1) is 126. The summed E-state index contributed by atoms with van der Waals surface area (Å²) >= 11 is 0. The lowest BCUT2D eigenvalue weighted by Crippen LogP contribution is -2.64. The van der Waals surface area contributed by atoms with Gasteiger partial charge in [0.1, 0.15) is 103 Å². The maximum absolute atomic E-state index is 14.4. The number of aromatic nitrogens is 2. The van der Waals surface area contributed by atoms with Crippen molar-refractivity contribution < 1.29 is 161 Å². The van der Waals surface area contributed by atoms with Gasteiger partial charge in [-0.1, -0.05) is 41.5 Å². The number of H-pyrrole nitrogens is 1. The second-order valence-electron chi connectivity index (χ2n) is 36.3. The summed E-state index contributed by atoms with van der Waals surface area (Å²) in [7, 11) is 0. The van der Waals surface area contributed by atoms with Crippen LogP contribution in [-0.2, 0) is 117 Å². The fourth-order valence-electron chi connectivity index (χ4n) is 14.8. The third kappa shape index (κ3) is 43.2. The van der Waals surface area contributed by atoms with Crippen LogP contribution in [0, 0.1) is 28.6 Å². The third-order valence-corrected chi connectivity index (χ3v) is 22.9. The standard InChI is InChI=1S/C86H142N28O33/c1-36(2)26-48(71(133)107-53(34-116)75(137)111-64(41(9)118)80(142)105-49(27-44-30-92-35-97-44)73(135)110-66(43(11)120)81(143)112-65(42(10)119)79(141)102-47(20-21-58(123)124)82(144)114-25-15-19-55(114)84(146)147)104-77(139)62(38(5)6)108-74(136)52(33-115)106-69(131)45(16-12-22-93-85(88)89)100-72(134)51(29-60(127)128)103-68(130)46(17-13-23-94-86(90)91)101-78(140)63(40(8)117)109-67(129)39(7)98-70(132)50(28-59(125)126)99-57(122)32-95-56(121)31-96-76(138)54-18-14-24-113(54)83(145)61(87)37(3)4/h30,35-43,45-55,61-66,115-120H,12-29,31-34,87H2,1-11H3,(H,92,97)(H,95,121)(H,96,138)(H,98,132)(H,99,122)(H,100,134)(H,101,140)(H,102,141)(H,103,130)(H,104,139)(H,105,142)(H,106,131)(H,107,133)(H,108,136)(H,109,129)(H,110,135)(H,111,137)(H,112,143)(H,123,124)(H,125,126)(H,127,128)(H,146,147)(H4,88,89,93)(H4,90,91,94)/t39-,40+,41+,42+,43+,45-,46-,47-,48-,49-,50-,51-,52-,53-,54-,55-,61-,62-,63-,64-,65-,66-/m0/s1. The van der Waals surface area contributed by atoms with E-state index in [0.29, 0.717) is 6.42 Å². The normalized spacial score (nSPS) is 17.4. The van der Waals surface area contributed by atoms with Crippen molar-refractivity contribution in [1.29, 1.82) is 10.8 Å².